The quantitative estimate of drug-likeness (QED) is 0.396. The molecule has 0 aliphatic heterocycles. The van der Waals surface area contributed by atoms with Crippen LogP contribution in [0.15, 0.2) is 24.3 Å². The number of hydrogen-bond acceptors (Lipinski definition) is 3. The first-order valence-electron chi connectivity index (χ1n) is 5.39. The predicted molar refractivity (Wildman–Crippen MR) is 72.8 cm³/mol. The highest BCUT2D eigenvalue weighted by Gasteiger charge is 2.15. The average molecular weight is 256 g/mol. The summed E-state index contributed by atoms with van der Waals surface area (Å²) in [5, 5.41) is 5.16. The van der Waals surface area contributed by atoms with Crippen LogP contribution in [0.4, 0.5) is 0 Å². The van der Waals surface area contributed by atoms with Crippen LogP contribution < -0.4 is 10.6 Å². The summed E-state index contributed by atoms with van der Waals surface area (Å²) in [4.78, 5) is 22.7. The molecule has 17 heavy (non-hydrogen) atoms. The third-order valence-corrected chi connectivity index (χ3v) is 1.90. The van der Waals surface area contributed by atoms with E-state index in [9.17, 15) is 9.59 Å². The molecule has 4 nitrogen and oxygen atoms in total. The first-order valence-corrected chi connectivity index (χ1v) is 5.91. The Hall–Kier alpha value is -1.23. The molecule has 0 aliphatic rings. The molecular weight excluding hydrogens is 236 g/mol. The third-order valence-electron chi connectivity index (χ3n) is 1.77. The second kappa shape index (κ2) is 7.17. The van der Waals surface area contributed by atoms with E-state index in [1.165, 1.54) is 12.2 Å². The van der Waals surface area contributed by atoms with Gasteiger partial charge in [0.2, 0.25) is 11.8 Å². The molecule has 1 atom stereocenters. The van der Waals surface area contributed by atoms with Gasteiger partial charge in [0.1, 0.15) is 0 Å². The summed E-state index contributed by atoms with van der Waals surface area (Å²) in [6, 6.07) is 0. The molecule has 0 aromatic heterocycles. The van der Waals surface area contributed by atoms with Crippen molar-refractivity contribution in [3.8, 4) is 0 Å². The van der Waals surface area contributed by atoms with Crippen molar-refractivity contribution in [2.45, 2.75) is 38.6 Å². The zero-order valence-electron chi connectivity index (χ0n) is 10.7. The number of rotatable bonds is 5. The fraction of sp³-hybridized carbons (Fsp3) is 0.500. The molecule has 5 heteroatoms. The van der Waals surface area contributed by atoms with Crippen LogP contribution in [-0.4, -0.2) is 22.7 Å². The smallest absolute Gasteiger partial charge is 0.244 e. The Morgan fingerprint density at radius 1 is 1.24 bits per heavy atom. The van der Waals surface area contributed by atoms with E-state index in [0.29, 0.717) is 0 Å². The first kappa shape index (κ1) is 15.8. The van der Waals surface area contributed by atoms with Crippen molar-refractivity contribution in [3.05, 3.63) is 24.3 Å². The number of thiol groups is 1. The Bertz CT molecular complexity index is 333. The van der Waals surface area contributed by atoms with Crippen LogP contribution in [0, 0.1) is 0 Å². The Balaban J connectivity index is 4.38. The lowest BCUT2D eigenvalue weighted by Crippen LogP contribution is -2.41. The molecular formula is C12H20N2O2S. The molecule has 0 radical (unpaired) electrons. The average Bonchev–Trinajstić information content (AvgIpc) is 2.13. The van der Waals surface area contributed by atoms with Crippen molar-refractivity contribution in [2.24, 2.45) is 0 Å². The normalized spacial score (nSPS) is 13.9. The van der Waals surface area contributed by atoms with Gasteiger partial charge >= 0.3 is 0 Å². The van der Waals surface area contributed by atoms with E-state index in [2.05, 4.69) is 23.3 Å². The van der Waals surface area contributed by atoms with E-state index in [0.717, 1.165) is 0 Å². The second-order valence-electron chi connectivity index (χ2n) is 4.23. The fourth-order valence-electron chi connectivity index (χ4n) is 1.09. The number of nitrogens with one attached hydrogen (secondary N) is 2. The highest BCUT2D eigenvalue weighted by molar-refractivity contribution is 7.80. The van der Waals surface area contributed by atoms with Crippen LogP contribution in [0.5, 0.6) is 0 Å². The maximum absolute atomic E-state index is 11.3. The van der Waals surface area contributed by atoms with Gasteiger partial charge in [0, 0.05) is 6.08 Å². The molecule has 96 valence electrons. The van der Waals surface area contributed by atoms with Gasteiger partial charge in [0.25, 0.3) is 0 Å². The summed E-state index contributed by atoms with van der Waals surface area (Å²) in [7, 11) is 0. The maximum atomic E-state index is 11.3. The lowest BCUT2D eigenvalue weighted by Gasteiger charge is -2.21. The minimum absolute atomic E-state index is 0.190. The van der Waals surface area contributed by atoms with Crippen LogP contribution in [0.25, 0.3) is 0 Å². The van der Waals surface area contributed by atoms with Crippen molar-refractivity contribution in [1.29, 1.82) is 0 Å². The topological polar surface area (TPSA) is 58.2 Å². The summed E-state index contributed by atoms with van der Waals surface area (Å²) in [5.74, 6) is -0.425. The van der Waals surface area contributed by atoms with Gasteiger partial charge in [-0.05, 0) is 33.8 Å². The second-order valence-corrected chi connectivity index (χ2v) is 5.00. The van der Waals surface area contributed by atoms with Gasteiger partial charge < -0.3 is 10.6 Å². The fourth-order valence-corrected chi connectivity index (χ4v) is 1.22. The predicted octanol–water partition coefficient (Wildman–Crippen LogP) is 1.41. The summed E-state index contributed by atoms with van der Waals surface area (Å²) in [5.41, 5.74) is -0.576. The molecule has 0 saturated carbocycles. The van der Waals surface area contributed by atoms with Gasteiger partial charge in [-0.1, -0.05) is 12.2 Å². The molecule has 0 bridgehead atoms. The Morgan fingerprint density at radius 2 is 1.82 bits per heavy atom. The summed E-state index contributed by atoms with van der Waals surface area (Å²) in [6.45, 7) is 7.14. The molecule has 2 amide bonds. The first-order chi connectivity index (χ1) is 7.76. The minimum atomic E-state index is -0.576. The highest BCUT2D eigenvalue weighted by atomic mass is 32.1. The summed E-state index contributed by atoms with van der Waals surface area (Å²) < 4.78 is 0. The molecule has 0 aromatic carbocycles. The summed E-state index contributed by atoms with van der Waals surface area (Å²) in [6.07, 6.45) is 6.12. The van der Waals surface area contributed by atoms with Crippen LogP contribution >= 0.6 is 12.6 Å². The molecule has 0 rings (SSSR count). The summed E-state index contributed by atoms with van der Waals surface area (Å²) >= 11 is 4.04. The van der Waals surface area contributed by atoms with Gasteiger partial charge in [-0.15, -0.1) is 0 Å². The lowest BCUT2D eigenvalue weighted by molar-refractivity contribution is -0.118. The lowest BCUT2D eigenvalue weighted by atomic mass is 10.0. The number of amides is 2. The van der Waals surface area contributed by atoms with Crippen LogP contribution in [0.3, 0.4) is 0 Å². The molecule has 0 aliphatic carbocycles. The van der Waals surface area contributed by atoms with Crippen molar-refractivity contribution in [1.82, 2.24) is 10.6 Å². The van der Waals surface area contributed by atoms with Crippen LogP contribution in [0.2, 0.25) is 0 Å². The maximum Gasteiger partial charge on any atom is 0.244 e. The van der Waals surface area contributed by atoms with E-state index >= 15 is 0 Å². The molecule has 0 heterocycles. The number of carbonyl (C=O) groups excluding carboxylic acids is 2. The number of hydrogen-bond donors (Lipinski definition) is 3. The molecule has 2 N–H and O–H groups in total. The monoisotopic (exact) mass is 256 g/mol. The highest BCUT2D eigenvalue weighted by Crippen LogP contribution is 2.04. The van der Waals surface area contributed by atoms with E-state index in [4.69, 9.17) is 0 Å². The van der Waals surface area contributed by atoms with E-state index in [1.807, 2.05) is 13.8 Å². The van der Waals surface area contributed by atoms with Gasteiger partial charge in [0.05, 0.1) is 10.9 Å². The SMILES string of the molecule is C/C=C/C(=O)NC(C)(C)/C=C/C(=O)NC(C)S. The van der Waals surface area contributed by atoms with Crippen molar-refractivity contribution in [3.63, 3.8) is 0 Å². The van der Waals surface area contributed by atoms with E-state index < -0.39 is 5.54 Å². The van der Waals surface area contributed by atoms with E-state index in [1.54, 1.807) is 26.0 Å². The molecule has 1 unspecified atom stereocenters. The molecule has 0 saturated heterocycles. The van der Waals surface area contributed by atoms with Crippen molar-refractivity contribution in [2.75, 3.05) is 0 Å². The Labute approximate surface area is 108 Å². The third kappa shape index (κ3) is 8.56. The van der Waals surface area contributed by atoms with Gasteiger partial charge in [0.15, 0.2) is 0 Å². The van der Waals surface area contributed by atoms with Crippen LogP contribution in [0.1, 0.15) is 27.7 Å². The van der Waals surface area contributed by atoms with Gasteiger partial charge in [-0.25, -0.2) is 0 Å². The zero-order chi connectivity index (χ0) is 13.5. The van der Waals surface area contributed by atoms with Gasteiger partial charge in [-0.2, -0.15) is 12.6 Å². The molecule has 0 aromatic rings. The van der Waals surface area contributed by atoms with Gasteiger partial charge in [-0.3, -0.25) is 9.59 Å². The minimum Gasteiger partial charge on any atom is -0.344 e. The Morgan fingerprint density at radius 3 is 2.29 bits per heavy atom. The van der Waals surface area contributed by atoms with Crippen molar-refractivity contribution < 1.29 is 9.59 Å². The Kier molecular flexibility index (Phi) is 6.65. The number of allylic oxidation sites excluding steroid dienone is 1. The molecule has 0 spiro atoms. The van der Waals surface area contributed by atoms with Crippen molar-refractivity contribution >= 4 is 24.4 Å². The van der Waals surface area contributed by atoms with Crippen LogP contribution in [-0.2, 0) is 9.59 Å². The largest absolute Gasteiger partial charge is 0.344 e. The molecule has 0 fully saturated rings. The zero-order valence-corrected chi connectivity index (χ0v) is 11.5. The standard InChI is InChI=1S/C12H20N2O2S/c1-5-6-11(16)14-12(3,4)8-7-10(15)13-9(2)17/h5-9,17H,1-4H3,(H,13,15)(H,14,16)/b6-5+,8-7+. The number of carbonyl (C=O) groups is 2. The van der Waals surface area contributed by atoms with E-state index in [-0.39, 0.29) is 17.2 Å².